The van der Waals surface area contributed by atoms with E-state index in [4.69, 9.17) is 0 Å². The van der Waals surface area contributed by atoms with Crippen molar-refractivity contribution in [3.8, 4) is 0 Å². The Morgan fingerprint density at radius 3 is 2.47 bits per heavy atom. The van der Waals surface area contributed by atoms with E-state index in [0.29, 0.717) is 12.1 Å². The number of hydrogen-bond acceptors (Lipinski definition) is 4. The second-order valence-electron chi connectivity index (χ2n) is 8.89. The maximum absolute atomic E-state index is 14.5. The monoisotopic (exact) mass is 468 g/mol. The zero-order valence-corrected chi connectivity index (χ0v) is 19.3. The van der Waals surface area contributed by atoms with Crippen LogP contribution in [0.25, 0.3) is 0 Å². The van der Waals surface area contributed by atoms with E-state index < -0.39 is 17.3 Å². The van der Waals surface area contributed by atoms with Gasteiger partial charge in [-0.25, -0.2) is 22.9 Å². The molecule has 180 valence electrons. The van der Waals surface area contributed by atoms with Crippen LogP contribution in [0, 0.1) is 0 Å². The molecule has 2 aromatic carbocycles. The van der Waals surface area contributed by atoms with Gasteiger partial charge in [0.05, 0.1) is 6.54 Å². The molecule has 0 radical (unpaired) electrons. The first-order chi connectivity index (χ1) is 16.4. The standard InChI is InChI=1S/C26H30F2N4O2/c1-2-16-26(27,28)20-12-9-13-21(17-20)29-23-30-24(33)32(22-14-7-4-8-15-22)25(34)31(23)18-19-10-5-3-6-11-19/h3,5-6,9-13,17,22H,2,4,7-8,14-16,18H2,1H3,(H,29,30,33). The van der Waals surface area contributed by atoms with Crippen molar-refractivity contribution in [1.82, 2.24) is 14.1 Å². The molecule has 1 N–H and O–H groups in total. The van der Waals surface area contributed by atoms with Gasteiger partial charge in [-0.1, -0.05) is 75.1 Å². The summed E-state index contributed by atoms with van der Waals surface area (Å²) in [6.07, 6.45) is 4.65. The molecule has 3 aromatic rings. The summed E-state index contributed by atoms with van der Waals surface area (Å²) in [5, 5.41) is 2.96. The van der Waals surface area contributed by atoms with Crippen LogP contribution in [0.1, 0.15) is 69.0 Å². The van der Waals surface area contributed by atoms with Gasteiger partial charge in [0.15, 0.2) is 0 Å². The third-order valence-electron chi connectivity index (χ3n) is 6.33. The normalized spacial score (nSPS) is 14.8. The fourth-order valence-electron chi connectivity index (χ4n) is 4.57. The Bertz CT molecular complexity index is 1230. The molecule has 0 aliphatic heterocycles. The molecule has 1 saturated carbocycles. The van der Waals surface area contributed by atoms with E-state index in [1.807, 2.05) is 30.3 Å². The van der Waals surface area contributed by atoms with E-state index in [2.05, 4.69) is 10.3 Å². The molecule has 1 aromatic heterocycles. The van der Waals surface area contributed by atoms with Crippen LogP contribution in [0.5, 0.6) is 0 Å². The van der Waals surface area contributed by atoms with Crippen molar-refractivity contribution >= 4 is 11.6 Å². The van der Waals surface area contributed by atoms with Gasteiger partial charge in [-0.05, 0) is 30.5 Å². The van der Waals surface area contributed by atoms with Crippen LogP contribution in [0.3, 0.4) is 0 Å². The zero-order valence-electron chi connectivity index (χ0n) is 19.3. The van der Waals surface area contributed by atoms with Crippen LogP contribution in [0.15, 0.2) is 64.2 Å². The summed E-state index contributed by atoms with van der Waals surface area (Å²) in [6, 6.07) is 15.1. The Labute approximate surface area is 197 Å². The molecule has 0 atom stereocenters. The van der Waals surface area contributed by atoms with Crippen LogP contribution in [0.4, 0.5) is 20.4 Å². The predicted octanol–water partition coefficient (Wildman–Crippen LogP) is 5.59. The Morgan fingerprint density at radius 2 is 1.76 bits per heavy atom. The molecule has 8 heteroatoms. The maximum atomic E-state index is 14.5. The summed E-state index contributed by atoms with van der Waals surface area (Å²) < 4.78 is 31.6. The number of nitrogens with one attached hydrogen (secondary N) is 1. The first-order valence-electron chi connectivity index (χ1n) is 11.9. The molecule has 0 amide bonds. The highest BCUT2D eigenvalue weighted by Crippen LogP contribution is 2.34. The SMILES string of the molecule is CCCC(F)(F)c1cccc(Nc2nc(=O)n(C3CCCCC3)c(=O)n2Cc2ccccc2)c1. The first-order valence-corrected chi connectivity index (χ1v) is 11.9. The molecular formula is C26H30F2N4O2. The van der Waals surface area contributed by atoms with Crippen molar-refractivity contribution in [3.63, 3.8) is 0 Å². The second kappa shape index (κ2) is 10.3. The quantitative estimate of drug-likeness (QED) is 0.468. The van der Waals surface area contributed by atoms with Crippen molar-refractivity contribution in [2.24, 2.45) is 0 Å². The Hall–Kier alpha value is -3.29. The smallest absolute Gasteiger partial charge is 0.325 e. The highest BCUT2D eigenvalue weighted by Gasteiger charge is 2.30. The summed E-state index contributed by atoms with van der Waals surface area (Å²) in [5.41, 5.74) is 0.0390. The predicted molar refractivity (Wildman–Crippen MR) is 129 cm³/mol. The van der Waals surface area contributed by atoms with Crippen LogP contribution in [0.2, 0.25) is 0 Å². The Kier molecular flexibility index (Phi) is 7.24. The minimum absolute atomic E-state index is 0.0434. The number of halogens is 2. The average Bonchev–Trinajstić information content (AvgIpc) is 2.83. The summed E-state index contributed by atoms with van der Waals surface area (Å²) in [4.78, 5) is 30.7. The van der Waals surface area contributed by atoms with Crippen molar-refractivity contribution in [1.29, 1.82) is 0 Å². The number of hydrogen-bond donors (Lipinski definition) is 1. The van der Waals surface area contributed by atoms with Crippen molar-refractivity contribution in [2.45, 2.75) is 70.4 Å². The number of anilines is 2. The lowest BCUT2D eigenvalue weighted by Crippen LogP contribution is -2.45. The van der Waals surface area contributed by atoms with Gasteiger partial charge in [-0.2, -0.15) is 4.98 Å². The summed E-state index contributed by atoms with van der Waals surface area (Å²) in [6.45, 7) is 1.91. The molecule has 1 heterocycles. The second-order valence-corrected chi connectivity index (χ2v) is 8.89. The fourth-order valence-corrected chi connectivity index (χ4v) is 4.57. The zero-order chi connectivity index (χ0) is 24.1. The van der Waals surface area contributed by atoms with Gasteiger partial charge in [0, 0.05) is 23.7 Å². The van der Waals surface area contributed by atoms with Crippen LogP contribution in [-0.2, 0) is 12.5 Å². The van der Waals surface area contributed by atoms with E-state index in [9.17, 15) is 18.4 Å². The summed E-state index contributed by atoms with van der Waals surface area (Å²) >= 11 is 0. The maximum Gasteiger partial charge on any atom is 0.355 e. The van der Waals surface area contributed by atoms with Crippen LogP contribution < -0.4 is 16.7 Å². The van der Waals surface area contributed by atoms with Gasteiger partial charge in [0.2, 0.25) is 5.95 Å². The van der Waals surface area contributed by atoms with Gasteiger partial charge >= 0.3 is 11.4 Å². The molecule has 0 saturated heterocycles. The first kappa shape index (κ1) is 23.9. The molecule has 0 unspecified atom stereocenters. The number of aromatic nitrogens is 3. The van der Waals surface area contributed by atoms with E-state index in [0.717, 1.165) is 37.7 Å². The third-order valence-corrected chi connectivity index (χ3v) is 6.33. The molecule has 1 aliphatic rings. The summed E-state index contributed by atoms with van der Waals surface area (Å²) in [7, 11) is 0. The Balaban J connectivity index is 1.76. The highest BCUT2D eigenvalue weighted by molar-refractivity contribution is 5.55. The molecular weight excluding hydrogens is 438 g/mol. The van der Waals surface area contributed by atoms with Gasteiger partial charge in [0.1, 0.15) is 0 Å². The van der Waals surface area contributed by atoms with E-state index >= 15 is 0 Å². The fraction of sp³-hybridized carbons (Fsp3) is 0.423. The lowest BCUT2D eigenvalue weighted by atomic mass is 9.95. The van der Waals surface area contributed by atoms with Crippen LogP contribution in [-0.4, -0.2) is 14.1 Å². The van der Waals surface area contributed by atoms with Gasteiger partial charge in [-0.3, -0.25) is 4.57 Å². The van der Waals surface area contributed by atoms with Crippen molar-refractivity contribution in [3.05, 3.63) is 86.7 Å². The minimum atomic E-state index is -2.96. The van der Waals surface area contributed by atoms with Gasteiger partial charge < -0.3 is 5.32 Å². The van der Waals surface area contributed by atoms with E-state index in [1.54, 1.807) is 13.0 Å². The van der Waals surface area contributed by atoms with Crippen molar-refractivity contribution in [2.75, 3.05) is 5.32 Å². The van der Waals surface area contributed by atoms with Gasteiger partial charge in [-0.15, -0.1) is 0 Å². The number of benzene rings is 2. The number of rotatable bonds is 8. The molecule has 34 heavy (non-hydrogen) atoms. The number of alkyl halides is 2. The highest BCUT2D eigenvalue weighted by atomic mass is 19.3. The topological polar surface area (TPSA) is 68.9 Å². The summed E-state index contributed by atoms with van der Waals surface area (Å²) in [5.74, 6) is -2.92. The van der Waals surface area contributed by atoms with Crippen LogP contribution >= 0.6 is 0 Å². The lowest BCUT2D eigenvalue weighted by molar-refractivity contribution is -0.0139. The molecule has 4 rings (SSSR count). The van der Waals surface area contributed by atoms with Crippen molar-refractivity contribution < 1.29 is 8.78 Å². The molecule has 6 nitrogen and oxygen atoms in total. The third kappa shape index (κ3) is 5.26. The largest absolute Gasteiger partial charge is 0.355 e. The molecule has 0 bridgehead atoms. The van der Waals surface area contributed by atoms with E-state index in [1.165, 1.54) is 27.3 Å². The van der Waals surface area contributed by atoms with E-state index in [-0.39, 0.29) is 30.5 Å². The molecule has 1 fully saturated rings. The minimum Gasteiger partial charge on any atom is -0.325 e. The lowest BCUT2D eigenvalue weighted by Gasteiger charge is -2.24. The molecule has 1 aliphatic carbocycles. The average molecular weight is 469 g/mol. The Morgan fingerprint density at radius 1 is 1.03 bits per heavy atom. The van der Waals surface area contributed by atoms with Gasteiger partial charge in [0.25, 0.3) is 5.92 Å². The number of nitrogens with zero attached hydrogens (tertiary/aromatic N) is 3. The molecule has 0 spiro atoms.